The van der Waals surface area contributed by atoms with E-state index in [-0.39, 0.29) is 24.2 Å². The molecule has 1 aromatic carbocycles. The molecule has 0 spiro atoms. The highest BCUT2D eigenvalue weighted by Gasteiger charge is 2.40. The SMILES string of the molecule is CCC(C)C(NC(=O)C(N)CCCN=C(N)N)C(=O)N1CCCC1C(=O)NC(Cc1ccccc1)C(=O)O. The largest absolute Gasteiger partial charge is 0.480 e. The lowest BCUT2D eigenvalue weighted by Crippen LogP contribution is -2.58. The van der Waals surface area contributed by atoms with Crippen molar-refractivity contribution in [1.82, 2.24) is 15.5 Å². The molecule has 0 radical (unpaired) electrons. The first-order valence-electron chi connectivity index (χ1n) is 13.0. The number of rotatable bonds is 14. The Labute approximate surface area is 223 Å². The van der Waals surface area contributed by atoms with Gasteiger partial charge in [-0.15, -0.1) is 0 Å². The van der Waals surface area contributed by atoms with Gasteiger partial charge in [0.05, 0.1) is 6.04 Å². The van der Waals surface area contributed by atoms with Gasteiger partial charge >= 0.3 is 5.97 Å². The van der Waals surface area contributed by atoms with Gasteiger partial charge in [-0.05, 0) is 37.2 Å². The van der Waals surface area contributed by atoms with Crippen molar-refractivity contribution in [3.05, 3.63) is 35.9 Å². The molecule has 0 aliphatic carbocycles. The molecule has 12 nitrogen and oxygen atoms in total. The van der Waals surface area contributed by atoms with Crippen molar-refractivity contribution in [2.45, 2.75) is 76.5 Å². The van der Waals surface area contributed by atoms with Crippen LogP contribution in [0, 0.1) is 5.92 Å². The zero-order valence-corrected chi connectivity index (χ0v) is 22.1. The van der Waals surface area contributed by atoms with Crippen LogP contribution in [0.15, 0.2) is 35.3 Å². The molecule has 0 bridgehead atoms. The van der Waals surface area contributed by atoms with Crippen molar-refractivity contribution in [2.75, 3.05) is 13.1 Å². The third kappa shape index (κ3) is 9.02. The van der Waals surface area contributed by atoms with E-state index in [0.29, 0.717) is 45.2 Å². The summed E-state index contributed by atoms with van der Waals surface area (Å²) >= 11 is 0. The monoisotopic (exact) mass is 531 g/mol. The quantitative estimate of drug-likeness (QED) is 0.106. The maximum Gasteiger partial charge on any atom is 0.326 e. The lowest BCUT2D eigenvalue weighted by atomic mass is 9.96. The number of nitrogens with two attached hydrogens (primary N) is 3. The zero-order chi connectivity index (χ0) is 28.2. The number of benzene rings is 1. The van der Waals surface area contributed by atoms with Gasteiger partial charge in [0.25, 0.3) is 0 Å². The Morgan fingerprint density at radius 2 is 1.84 bits per heavy atom. The molecule has 0 saturated carbocycles. The fourth-order valence-electron chi connectivity index (χ4n) is 4.39. The van der Waals surface area contributed by atoms with Gasteiger partial charge in [-0.1, -0.05) is 50.6 Å². The van der Waals surface area contributed by atoms with Crippen LogP contribution < -0.4 is 27.8 Å². The lowest BCUT2D eigenvalue weighted by molar-refractivity contribution is -0.145. The van der Waals surface area contributed by atoms with Crippen LogP contribution in [0.1, 0.15) is 51.5 Å². The number of amides is 3. The number of hydrogen-bond acceptors (Lipinski definition) is 6. The van der Waals surface area contributed by atoms with E-state index >= 15 is 0 Å². The van der Waals surface area contributed by atoms with E-state index in [1.165, 1.54) is 4.90 Å². The topological polar surface area (TPSA) is 206 Å². The average molecular weight is 532 g/mol. The van der Waals surface area contributed by atoms with Gasteiger partial charge < -0.3 is 37.8 Å². The van der Waals surface area contributed by atoms with E-state index in [1.807, 2.05) is 19.9 Å². The smallest absolute Gasteiger partial charge is 0.326 e. The summed E-state index contributed by atoms with van der Waals surface area (Å²) in [6.07, 6.45) is 2.55. The standard InChI is InChI=1S/C26H41N7O5/c1-3-16(2)21(32-22(34)18(27)11-7-13-30-26(28)29)24(36)33-14-8-12-20(33)23(35)31-19(25(37)38)15-17-9-5-4-6-10-17/h4-6,9-10,16,18-21H,3,7-8,11-15,27H2,1-2H3,(H,31,35)(H,32,34)(H,37,38)(H4,28,29,30). The molecule has 1 heterocycles. The molecule has 1 aromatic rings. The number of carbonyl (C=O) groups is 4. The van der Waals surface area contributed by atoms with E-state index in [9.17, 15) is 24.3 Å². The van der Waals surface area contributed by atoms with E-state index < -0.39 is 42.0 Å². The van der Waals surface area contributed by atoms with E-state index in [2.05, 4.69) is 15.6 Å². The summed E-state index contributed by atoms with van der Waals surface area (Å²) in [6.45, 7) is 4.42. The van der Waals surface area contributed by atoms with E-state index in [4.69, 9.17) is 17.2 Å². The van der Waals surface area contributed by atoms with Crippen molar-refractivity contribution < 1.29 is 24.3 Å². The summed E-state index contributed by atoms with van der Waals surface area (Å²) in [7, 11) is 0. The molecule has 5 atom stereocenters. The van der Waals surface area contributed by atoms with Gasteiger partial charge in [0.1, 0.15) is 18.1 Å². The molecule has 1 saturated heterocycles. The number of nitrogens with one attached hydrogen (secondary N) is 2. The normalized spacial score (nSPS) is 18.1. The summed E-state index contributed by atoms with van der Waals surface area (Å²) in [6, 6.07) is 5.32. The first-order valence-corrected chi connectivity index (χ1v) is 13.0. The maximum atomic E-state index is 13.6. The van der Waals surface area contributed by atoms with Gasteiger partial charge in [-0.2, -0.15) is 0 Å². The minimum atomic E-state index is -1.16. The first-order chi connectivity index (χ1) is 18.0. The highest BCUT2D eigenvalue weighted by molar-refractivity contribution is 5.94. The third-order valence-electron chi connectivity index (χ3n) is 6.82. The second kappa shape index (κ2) is 14.9. The number of carboxylic acid groups (broad SMARTS) is 1. The molecule has 1 fully saturated rings. The summed E-state index contributed by atoms with van der Waals surface area (Å²) in [5.41, 5.74) is 17.4. The summed E-state index contributed by atoms with van der Waals surface area (Å²) < 4.78 is 0. The molecular formula is C26H41N7O5. The molecule has 2 rings (SSSR count). The van der Waals surface area contributed by atoms with Crippen LogP contribution in [0.5, 0.6) is 0 Å². The number of aliphatic imine (C=N–C) groups is 1. The number of hydrogen-bond donors (Lipinski definition) is 6. The number of aliphatic carboxylic acids is 1. The van der Waals surface area contributed by atoms with Crippen molar-refractivity contribution in [3.8, 4) is 0 Å². The van der Waals surface area contributed by atoms with Gasteiger partial charge in [-0.25, -0.2) is 4.79 Å². The lowest BCUT2D eigenvalue weighted by Gasteiger charge is -2.32. The van der Waals surface area contributed by atoms with Crippen LogP contribution in [0.3, 0.4) is 0 Å². The van der Waals surface area contributed by atoms with Crippen LogP contribution in [-0.4, -0.2) is 76.9 Å². The van der Waals surface area contributed by atoms with Crippen LogP contribution in [0.2, 0.25) is 0 Å². The second-order valence-electron chi connectivity index (χ2n) is 9.71. The predicted molar refractivity (Wildman–Crippen MR) is 144 cm³/mol. The van der Waals surface area contributed by atoms with Gasteiger partial charge in [0.15, 0.2) is 5.96 Å². The van der Waals surface area contributed by atoms with Crippen molar-refractivity contribution >= 4 is 29.7 Å². The number of nitrogens with zero attached hydrogens (tertiary/aromatic N) is 2. The summed E-state index contributed by atoms with van der Waals surface area (Å²) in [5.74, 6) is -2.78. The van der Waals surface area contributed by atoms with Crippen molar-refractivity contribution in [3.63, 3.8) is 0 Å². The number of likely N-dealkylation sites (tertiary alicyclic amines) is 1. The fourth-order valence-corrected chi connectivity index (χ4v) is 4.39. The summed E-state index contributed by atoms with van der Waals surface area (Å²) in [4.78, 5) is 56.7. The van der Waals surface area contributed by atoms with Crippen LogP contribution in [0.4, 0.5) is 0 Å². The van der Waals surface area contributed by atoms with Gasteiger partial charge in [0, 0.05) is 19.5 Å². The van der Waals surface area contributed by atoms with Crippen LogP contribution in [0.25, 0.3) is 0 Å². The summed E-state index contributed by atoms with van der Waals surface area (Å²) in [5, 5.41) is 15.1. The Hall–Kier alpha value is -3.67. The molecule has 12 heteroatoms. The molecule has 9 N–H and O–H groups in total. The molecule has 5 unspecified atom stereocenters. The van der Waals surface area contributed by atoms with E-state index in [0.717, 1.165) is 5.56 Å². The number of carbonyl (C=O) groups excluding carboxylic acids is 3. The Bertz CT molecular complexity index is 983. The molecule has 1 aliphatic heterocycles. The molecule has 210 valence electrons. The van der Waals surface area contributed by atoms with E-state index in [1.54, 1.807) is 24.3 Å². The Balaban J connectivity index is 2.07. The minimum absolute atomic E-state index is 0.0376. The van der Waals surface area contributed by atoms with Crippen molar-refractivity contribution in [1.29, 1.82) is 0 Å². The highest BCUT2D eigenvalue weighted by atomic mass is 16.4. The van der Waals surface area contributed by atoms with Crippen LogP contribution in [-0.2, 0) is 25.6 Å². The van der Waals surface area contributed by atoms with Gasteiger partial charge in [0.2, 0.25) is 17.7 Å². The Morgan fingerprint density at radius 3 is 2.45 bits per heavy atom. The van der Waals surface area contributed by atoms with Crippen LogP contribution >= 0.6 is 0 Å². The number of carboxylic acids is 1. The maximum absolute atomic E-state index is 13.6. The Morgan fingerprint density at radius 1 is 1.16 bits per heavy atom. The minimum Gasteiger partial charge on any atom is -0.480 e. The predicted octanol–water partition coefficient (Wildman–Crippen LogP) is -0.299. The van der Waals surface area contributed by atoms with Gasteiger partial charge in [-0.3, -0.25) is 19.4 Å². The molecular weight excluding hydrogens is 490 g/mol. The fraction of sp³-hybridized carbons (Fsp3) is 0.577. The van der Waals surface area contributed by atoms with Crippen molar-refractivity contribution in [2.24, 2.45) is 28.1 Å². The Kier molecular flexibility index (Phi) is 12.0. The molecule has 38 heavy (non-hydrogen) atoms. The molecule has 0 aromatic heterocycles. The third-order valence-corrected chi connectivity index (χ3v) is 6.82. The first kappa shape index (κ1) is 30.6. The average Bonchev–Trinajstić information content (AvgIpc) is 3.39. The highest BCUT2D eigenvalue weighted by Crippen LogP contribution is 2.22. The second-order valence-corrected chi connectivity index (χ2v) is 9.71. The number of guanidine groups is 1. The molecule has 3 amide bonds. The zero-order valence-electron chi connectivity index (χ0n) is 22.1. The molecule has 1 aliphatic rings.